The predicted molar refractivity (Wildman–Crippen MR) is 61.3 cm³/mol. The first-order valence-electron chi connectivity index (χ1n) is 5.18. The van der Waals surface area contributed by atoms with Gasteiger partial charge >= 0.3 is 6.16 Å². The minimum Gasteiger partial charge on any atom is -0.434 e. The highest BCUT2D eigenvalue weighted by Crippen LogP contribution is 2.16. The minimum atomic E-state index is -0.712. The Kier molecular flexibility index (Phi) is 4.94. The Morgan fingerprint density at radius 3 is 2.88 bits per heavy atom. The lowest BCUT2D eigenvalue weighted by Gasteiger charge is -2.06. The van der Waals surface area contributed by atoms with Gasteiger partial charge in [0.25, 0.3) is 0 Å². The van der Waals surface area contributed by atoms with Crippen LogP contribution in [0.5, 0.6) is 5.75 Å². The van der Waals surface area contributed by atoms with Crippen molar-refractivity contribution in [1.29, 1.82) is 0 Å². The van der Waals surface area contributed by atoms with Crippen LogP contribution in [0.4, 0.5) is 4.79 Å². The van der Waals surface area contributed by atoms with Crippen molar-refractivity contribution in [3.63, 3.8) is 0 Å². The van der Waals surface area contributed by atoms with Gasteiger partial charge in [0.1, 0.15) is 5.75 Å². The molecule has 0 saturated carbocycles. The summed E-state index contributed by atoms with van der Waals surface area (Å²) >= 11 is 0. The molecule has 0 fully saturated rings. The molecule has 3 heteroatoms. The van der Waals surface area contributed by atoms with Crippen molar-refractivity contribution < 1.29 is 14.3 Å². The topological polar surface area (TPSA) is 35.5 Å². The van der Waals surface area contributed by atoms with Gasteiger partial charge in [-0.25, -0.2) is 4.79 Å². The molecule has 0 aliphatic heterocycles. The third-order valence-corrected chi connectivity index (χ3v) is 1.95. The van der Waals surface area contributed by atoms with E-state index >= 15 is 0 Å². The zero-order valence-electron chi connectivity index (χ0n) is 9.23. The van der Waals surface area contributed by atoms with E-state index in [1.807, 2.05) is 6.92 Å². The minimum absolute atomic E-state index is 0.353. The Hall–Kier alpha value is -1.95. The molecule has 0 spiro atoms. The van der Waals surface area contributed by atoms with Crippen LogP contribution in [-0.2, 0) is 4.74 Å². The van der Waals surface area contributed by atoms with Crippen LogP contribution in [0, 0.1) is 12.3 Å². The fraction of sp³-hybridized carbons (Fsp3) is 0.308. The molecular formula is C13H14O3. The Morgan fingerprint density at radius 1 is 1.44 bits per heavy atom. The number of para-hydroxylation sites is 1. The Balaban J connectivity index is 2.53. The monoisotopic (exact) mass is 218 g/mol. The normalized spacial score (nSPS) is 9.25. The average molecular weight is 218 g/mol. The van der Waals surface area contributed by atoms with Gasteiger partial charge < -0.3 is 9.47 Å². The molecule has 0 heterocycles. The van der Waals surface area contributed by atoms with Gasteiger partial charge in [-0.3, -0.25) is 0 Å². The number of terminal acetylenes is 1. The summed E-state index contributed by atoms with van der Waals surface area (Å²) in [5, 5.41) is 0. The molecule has 0 amide bonds. The Labute approximate surface area is 95.4 Å². The number of benzene rings is 1. The lowest BCUT2D eigenvalue weighted by molar-refractivity contribution is 0.0977. The number of carbonyl (C=O) groups is 1. The van der Waals surface area contributed by atoms with E-state index in [2.05, 4.69) is 5.92 Å². The third-order valence-electron chi connectivity index (χ3n) is 1.95. The summed E-state index contributed by atoms with van der Waals surface area (Å²) in [6.45, 7) is 2.38. The van der Waals surface area contributed by atoms with E-state index in [0.717, 1.165) is 12.8 Å². The summed E-state index contributed by atoms with van der Waals surface area (Å²) in [5.41, 5.74) is 0.537. The zero-order valence-corrected chi connectivity index (χ0v) is 9.23. The predicted octanol–water partition coefficient (Wildman–Crippen LogP) is 2.98. The molecule has 0 saturated heterocycles. The number of hydrogen-bond acceptors (Lipinski definition) is 3. The second-order valence-electron chi connectivity index (χ2n) is 3.19. The van der Waals surface area contributed by atoms with E-state index < -0.39 is 6.16 Å². The summed E-state index contributed by atoms with van der Waals surface area (Å²) in [6, 6.07) is 6.87. The van der Waals surface area contributed by atoms with Crippen LogP contribution < -0.4 is 4.74 Å². The van der Waals surface area contributed by atoms with Crippen LogP contribution in [0.15, 0.2) is 24.3 Å². The average Bonchev–Trinajstić information content (AvgIpc) is 2.30. The van der Waals surface area contributed by atoms with Gasteiger partial charge in [0.15, 0.2) is 0 Å². The molecule has 16 heavy (non-hydrogen) atoms. The Bertz CT molecular complexity index is 390. The van der Waals surface area contributed by atoms with Gasteiger partial charge in [-0.2, -0.15) is 0 Å². The van der Waals surface area contributed by atoms with Crippen LogP contribution in [0.25, 0.3) is 0 Å². The van der Waals surface area contributed by atoms with Crippen LogP contribution >= 0.6 is 0 Å². The lowest BCUT2D eigenvalue weighted by atomic mass is 10.2. The molecule has 0 aliphatic carbocycles. The number of unbranched alkanes of at least 4 members (excludes halogenated alkanes) is 1. The van der Waals surface area contributed by atoms with Crippen LogP contribution in [0.3, 0.4) is 0 Å². The summed E-state index contributed by atoms with van der Waals surface area (Å²) in [4.78, 5) is 11.2. The maximum absolute atomic E-state index is 11.2. The van der Waals surface area contributed by atoms with Gasteiger partial charge in [-0.1, -0.05) is 31.4 Å². The first-order chi connectivity index (χ1) is 7.77. The fourth-order valence-corrected chi connectivity index (χ4v) is 1.09. The second kappa shape index (κ2) is 6.52. The molecule has 0 N–H and O–H groups in total. The largest absolute Gasteiger partial charge is 0.513 e. The van der Waals surface area contributed by atoms with E-state index in [1.54, 1.807) is 24.3 Å². The van der Waals surface area contributed by atoms with Crippen molar-refractivity contribution >= 4 is 6.16 Å². The van der Waals surface area contributed by atoms with E-state index in [4.69, 9.17) is 15.9 Å². The molecule has 0 atom stereocenters. The van der Waals surface area contributed by atoms with Gasteiger partial charge in [0, 0.05) is 0 Å². The number of carbonyl (C=O) groups excluding carboxylic acids is 1. The molecule has 84 valence electrons. The highest BCUT2D eigenvalue weighted by molar-refractivity contribution is 5.65. The molecule has 0 unspecified atom stereocenters. The molecule has 3 nitrogen and oxygen atoms in total. The standard InChI is InChI=1S/C13H14O3/c1-3-5-10-15-13(14)16-12-9-7-6-8-11(12)4-2/h2,6-9H,3,5,10H2,1H3. The lowest BCUT2D eigenvalue weighted by Crippen LogP contribution is -2.12. The summed E-state index contributed by atoms with van der Waals surface area (Å²) in [7, 11) is 0. The quantitative estimate of drug-likeness (QED) is 0.337. The van der Waals surface area contributed by atoms with Crippen molar-refractivity contribution in [2.75, 3.05) is 6.61 Å². The van der Waals surface area contributed by atoms with Gasteiger partial charge in [0.05, 0.1) is 12.2 Å². The van der Waals surface area contributed by atoms with E-state index in [9.17, 15) is 4.79 Å². The Morgan fingerprint density at radius 2 is 2.19 bits per heavy atom. The molecule has 0 radical (unpaired) electrons. The SMILES string of the molecule is C#Cc1ccccc1OC(=O)OCCCC. The maximum Gasteiger partial charge on any atom is 0.513 e. The van der Waals surface area contributed by atoms with Crippen LogP contribution in [0.1, 0.15) is 25.3 Å². The van der Waals surface area contributed by atoms with Crippen molar-refractivity contribution in [3.05, 3.63) is 29.8 Å². The van der Waals surface area contributed by atoms with E-state index in [-0.39, 0.29) is 0 Å². The number of rotatable bonds is 4. The number of hydrogen-bond donors (Lipinski definition) is 0. The van der Waals surface area contributed by atoms with Crippen molar-refractivity contribution in [2.24, 2.45) is 0 Å². The van der Waals surface area contributed by atoms with Gasteiger partial charge in [-0.15, -0.1) is 6.42 Å². The second-order valence-corrected chi connectivity index (χ2v) is 3.19. The summed E-state index contributed by atoms with van der Waals surface area (Å²) in [6.07, 6.45) is 6.35. The first kappa shape index (κ1) is 12.1. The van der Waals surface area contributed by atoms with Crippen molar-refractivity contribution in [2.45, 2.75) is 19.8 Å². The zero-order chi connectivity index (χ0) is 11.8. The molecule has 0 bridgehead atoms. The van der Waals surface area contributed by atoms with Crippen LogP contribution in [0.2, 0.25) is 0 Å². The maximum atomic E-state index is 11.2. The third kappa shape index (κ3) is 3.66. The number of ether oxygens (including phenoxy) is 2. The van der Waals surface area contributed by atoms with E-state index in [0.29, 0.717) is 17.9 Å². The van der Waals surface area contributed by atoms with E-state index in [1.165, 1.54) is 0 Å². The van der Waals surface area contributed by atoms with Gasteiger partial charge in [-0.05, 0) is 18.6 Å². The molecule has 1 rings (SSSR count). The fourth-order valence-electron chi connectivity index (χ4n) is 1.09. The molecule has 0 aliphatic rings. The smallest absolute Gasteiger partial charge is 0.434 e. The highest BCUT2D eigenvalue weighted by Gasteiger charge is 2.08. The first-order valence-corrected chi connectivity index (χ1v) is 5.18. The molecule has 1 aromatic carbocycles. The molecule has 1 aromatic rings. The highest BCUT2D eigenvalue weighted by atomic mass is 16.7. The molecular weight excluding hydrogens is 204 g/mol. The summed E-state index contributed by atoms with van der Waals surface area (Å²) < 4.78 is 9.84. The molecule has 0 aromatic heterocycles. The summed E-state index contributed by atoms with van der Waals surface area (Å²) in [5.74, 6) is 2.79. The van der Waals surface area contributed by atoms with Crippen molar-refractivity contribution in [1.82, 2.24) is 0 Å². The van der Waals surface area contributed by atoms with Crippen molar-refractivity contribution in [3.8, 4) is 18.1 Å². The van der Waals surface area contributed by atoms with Gasteiger partial charge in [0.2, 0.25) is 0 Å². The van der Waals surface area contributed by atoms with Crippen LogP contribution in [-0.4, -0.2) is 12.8 Å².